The van der Waals surface area contributed by atoms with Gasteiger partial charge in [-0.2, -0.15) is 5.26 Å². The van der Waals surface area contributed by atoms with Crippen LogP contribution in [-0.2, 0) is 0 Å². The smallest absolute Gasteiger partial charge is 0.142 e. The van der Waals surface area contributed by atoms with Crippen molar-refractivity contribution in [1.29, 1.82) is 5.26 Å². The van der Waals surface area contributed by atoms with E-state index in [0.29, 0.717) is 17.3 Å². The van der Waals surface area contributed by atoms with Crippen LogP contribution in [0.4, 0.5) is 8.78 Å². The summed E-state index contributed by atoms with van der Waals surface area (Å²) in [6, 6.07) is 2.41. The molecule has 0 bridgehead atoms. The maximum atomic E-state index is 13.9. The Kier molecular flexibility index (Phi) is 7.57. The molecule has 1 aromatic carbocycles. The molecule has 28 heavy (non-hydrogen) atoms. The van der Waals surface area contributed by atoms with Gasteiger partial charge < -0.3 is 0 Å². The third-order valence-corrected chi connectivity index (χ3v) is 6.91. The van der Waals surface area contributed by atoms with E-state index in [-0.39, 0.29) is 4.90 Å². The Morgan fingerprint density at radius 2 is 1.75 bits per heavy atom. The molecule has 1 aromatic rings. The van der Waals surface area contributed by atoms with E-state index in [1.165, 1.54) is 57.1 Å². The van der Waals surface area contributed by atoms with Gasteiger partial charge in [0.2, 0.25) is 0 Å². The highest BCUT2D eigenvalue weighted by atomic mass is 32.2. The molecule has 1 fully saturated rings. The van der Waals surface area contributed by atoms with Gasteiger partial charge in [0.05, 0.1) is 4.90 Å². The van der Waals surface area contributed by atoms with Gasteiger partial charge in [-0.05, 0) is 79.3 Å². The molecule has 0 aliphatic heterocycles. The average Bonchev–Trinajstić information content (AvgIpc) is 2.70. The Morgan fingerprint density at radius 1 is 1.04 bits per heavy atom. The minimum absolute atomic E-state index is 0.263. The minimum Gasteiger partial charge on any atom is -0.206 e. The highest BCUT2D eigenvalue weighted by molar-refractivity contribution is 8.03. The highest BCUT2D eigenvalue weighted by Gasteiger charge is 2.28. The molecule has 0 N–H and O–H groups in total. The summed E-state index contributed by atoms with van der Waals surface area (Å²) in [7, 11) is 0. The van der Waals surface area contributed by atoms with Gasteiger partial charge in [-0.1, -0.05) is 50.5 Å². The monoisotopic (exact) mass is 399 g/mol. The lowest BCUT2D eigenvalue weighted by atomic mass is 9.71. The van der Waals surface area contributed by atoms with Crippen molar-refractivity contribution in [2.75, 3.05) is 0 Å². The van der Waals surface area contributed by atoms with Gasteiger partial charge in [0, 0.05) is 5.56 Å². The fraction of sp³-hybridized carbons (Fsp3) is 0.542. The Balaban J connectivity index is 1.58. The van der Waals surface area contributed by atoms with Crippen LogP contribution in [0.15, 0.2) is 28.7 Å². The fourth-order valence-corrected chi connectivity index (χ4v) is 5.08. The normalized spacial score (nSPS) is 24.6. The van der Waals surface area contributed by atoms with Crippen molar-refractivity contribution < 1.29 is 8.78 Å². The van der Waals surface area contributed by atoms with Crippen molar-refractivity contribution in [1.82, 2.24) is 0 Å². The summed E-state index contributed by atoms with van der Waals surface area (Å²) in [6.45, 7) is 2.28. The molecule has 0 spiro atoms. The summed E-state index contributed by atoms with van der Waals surface area (Å²) >= 11 is 0.496. The van der Waals surface area contributed by atoms with Gasteiger partial charge in [-0.15, -0.1) is 0 Å². The van der Waals surface area contributed by atoms with Gasteiger partial charge in [-0.25, -0.2) is 8.78 Å². The molecule has 2 aliphatic carbocycles. The standard InChI is InChI=1S/C24H27F2NS/c1-2-3-17-6-10-20(11-7-17)21-12-8-18(9-13-21)4-5-19-14-22(25)24(28-16-27)23(26)15-19/h8,14-15,17,20-21H,2-3,6-7,9-13H2,1H3. The molecule has 0 heterocycles. The molecule has 0 aromatic heterocycles. The zero-order valence-electron chi connectivity index (χ0n) is 16.4. The summed E-state index contributed by atoms with van der Waals surface area (Å²) in [5.74, 6) is 7.09. The number of rotatable bonds is 4. The second kappa shape index (κ2) is 10.1. The molecule has 1 saturated carbocycles. The van der Waals surface area contributed by atoms with Crippen molar-refractivity contribution in [3.8, 4) is 17.2 Å². The third kappa shape index (κ3) is 5.39. The Bertz CT molecular complexity index is 796. The van der Waals surface area contributed by atoms with E-state index in [9.17, 15) is 8.78 Å². The van der Waals surface area contributed by atoms with E-state index in [0.717, 1.165) is 36.2 Å². The summed E-state index contributed by atoms with van der Waals surface area (Å²) in [6.07, 6.45) is 13.6. The van der Waals surface area contributed by atoms with Crippen LogP contribution in [0.25, 0.3) is 0 Å². The first-order valence-corrected chi connectivity index (χ1v) is 11.2. The van der Waals surface area contributed by atoms with Gasteiger partial charge >= 0.3 is 0 Å². The maximum absolute atomic E-state index is 13.9. The number of benzene rings is 1. The molecule has 0 radical (unpaired) electrons. The number of halogens is 2. The fourth-order valence-electron chi connectivity index (χ4n) is 4.68. The lowest BCUT2D eigenvalue weighted by Gasteiger charge is -2.35. The Morgan fingerprint density at radius 3 is 2.32 bits per heavy atom. The van der Waals surface area contributed by atoms with Gasteiger partial charge in [-0.3, -0.25) is 0 Å². The van der Waals surface area contributed by atoms with Crippen molar-refractivity contribution in [3.63, 3.8) is 0 Å². The van der Waals surface area contributed by atoms with Crippen molar-refractivity contribution in [3.05, 3.63) is 41.0 Å². The van der Waals surface area contributed by atoms with Crippen molar-refractivity contribution in [2.24, 2.45) is 17.8 Å². The first-order chi connectivity index (χ1) is 13.6. The average molecular weight is 400 g/mol. The quantitative estimate of drug-likeness (QED) is 0.303. The van der Waals surface area contributed by atoms with Crippen molar-refractivity contribution in [2.45, 2.75) is 69.6 Å². The predicted octanol–water partition coefficient (Wildman–Crippen LogP) is 7.22. The predicted molar refractivity (Wildman–Crippen MR) is 110 cm³/mol. The zero-order valence-corrected chi connectivity index (χ0v) is 17.3. The van der Waals surface area contributed by atoms with Crippen LogP contribution >= 0.6 is 11.8 Å². The summed E-state index contributed by atoms with van der Waals surface area (Å²) in [4.78, 5) is -0.263. The van der Waals surface area contributed by atoms with E-state index in [1.54, 1.807) is 5.40 Å². The SMILES string of the molecule is CCCC1CCC(C2CC=C(C#Cc3cc(F)c(SC#N)c(F)c3)CC2)CC1. The molecule has 1 unspecified atom stereocenters. The number of nitriles is 1. The van der Waals surface area contributed by atoms with E-state index in [4.69, 9.17) is 5.26 Å². The lowest BCUT2D eigenvalue weighted by Crippen LogP contribution is -2.23. The zero-order chi connectivity index (χ0) is 19.9. The summed E-state index contributed by atoms with van der Waals surface area (Å²) in [5.41, 5.74) is 1.39. The summed E-state index contributed by atoms with van der Waals surface area (Å²) in [5, 5.41) is 10.3. The van der Waals surface area contributed by atoms with E-state index in [1.807, 2.05) is 0 Å². The summed E-state index contributed by atoms with van der Waals surface area (Å²) < 4.78 is 27.8. The van der Waals surface area contributed by atoms with Crippen LogP contribution in [-0.4, -0.2) is 0 Å². The number of hydrogen-bond acceptors (Lipinski definition) is 2. The van der Waals surface area contributed by atoms with Crippen LogP contribution in [0, 0.1) is 51.9 Å². The molecule has 0 amide bonds. The first-order valence-electron chi connectivity index (χ1n) is 10.4. The Hall–Kier alpha value is -1.78. The second-order valence-corrected chi connectivity index (χ2v) is 8.84. The molecule has 148 valence electrons. The third-order valence-electron chi connectivity index (χ3n) is 6.22. The van der Waals surface area contributed by atoms with E-state index >= 15 is 0 Å². The van der Waals surface area contributed by atoms with Crippen molar-refractivity contribution >= 4 is 11.8 Å². The van der Waals surface area contributed by atoms with Crippen LogP contribution in [0.1, 0.15) is 70.3 Å². The maximum Gasteiger partial charge on any atom is 0.142 e. The van der Waals surface area contributed by atoms with Crippen LogP contribution in [0.5, 0.6) is 0 Å². The largest absolute Gasteiger partial charge is 0.206 e. The first kappa shape index (κ1) is 20.9. The van der Waals surface area contributed by atoms with Crippen LogP contribution in [0.3, 0.4) is 0 Å². The molecule has 1 atom stereocenters. The number of nitrogens with zero attached hydrogens (tertiary/aromatic N) is 1. The second-order valence-electron chi connectivity index (χ2n) is 8.05. The number of allylic oxidation sites excluding steroid dienone is 2. The molecular weight excluding hydrogens is 372 g/mol. The Labute approximate surface area is 171 Å². The lowest BCUT2D eigenvalue weighted by molar-refractivity contribution is 0.187. The minimum atomic E-state index is -0.729. The highest BCUT2D eigenvalue weighted by Crippen LogP contribution is 2.40. The van der Waals surface area contributed by atoms with E-state index < -0.39 is 11.6 Å². The van der Waals surface area contributed by atoms with Gasteiger partial charge in [0.15, 0.2) is 0 Å². The molecular formula is C24H27F2NS. The van der Waals surface area contributed by atoms with E-state index in [2.05, 4.69) is 24.8 Å². The number of thiocyanates is 1. The van der Waals surface area contributed by atoms with Gasteiger partial charge in [0.1, 0.15) is 17.0 Å². The molecule has 3 rings (SSSR count). The van der Waals surface area contributed by atoms with Gasteiger partial charge in [0.25, 0.3) is 0 Å². The number of thioether (sulfide) groups is 1. The molecule has 2 aliphatic rings. The molecule has 0 saturated heterocycles. The number of hydrogen-bond donors (Lipinski definition) is 0. The molecule has 4 heteroatoms. The van der Waals surface area contributed by atoms with Crippen LogP contribution in [0.2, 0.25) is 0 Å². The topological polar surface area (TPSA) is 23.8 Å². The van der Waals surface area contributed by atoms with Crippen LogP contribution < -0.4 is 0 Å². The molecule has 1 nitrogen and oxygen atoms in total.